The van der Waals surface area contributed by atoms with E-state index in [9.17, 15) is 13.2 Å². The van der Waals surface area contributed by atoms with Gasteiger partial charge < -0.3 is 4.74 Å². The maximum Gasteiger partial charge on any atom is 0.261 e. The first-order chi connectivity index (χ1) is 15.5. The molecule has 0 fully saturated rings. The molecule has 0 unspecified atom stereocenters. The van der Waals surface area contributed by atoms with Crippen LogP contribution in [0, 0.1) is 0 Å². The summed E-state index contributed by atoms with van der Waals surface area (Å²) >= 11 is 0. The highest BCUT2D eigenvalue weighted by Crippen LogP contribution is 2.26. The Morgan fingerprint density at radius 3 is 2.22 bits per heavy atom. The van der Waals surface area contributed by atoms with Crippen molar-refractivity contribution < 1.29 is 17.9 Å². The summed E-state index contributed by atoms with van der Waals surface area (Å²) in [6.45, 7) is 2.67. The first-order valence-electron chi connectivity index (χ1n) is 10.2. The predicted molar refractivity (Wildman–Crippen MR) is 124 cm³/mol. The van der Waals surface area contributed by atoms with E-state index in [0.717, 1.165) is 5.56 Å². The number of Topliss-reactive ketones (excluding diaryl/α,β-unsaturated/α-hetero) is 1. The normalized spacial score (nSPS) is 14.6. The molecule has 162 valence electrons. The molecule has 1 N–H and O–H groups in total. The molecule has 3 aromatic carbocycles. The average molecular weight is 447 g/mol. The highest BCUT2D eigenvalue weighted by atomic mass is 32.2. The highest BCUT2D eigenvalue weighted by Gasteiger charge is 2.27. The van der Waals surface area contributed by atoms with Crippen LogP contribution in [0.15, 0.2) is 94.8 Å². The van der Waals surface area contributed by atoms with Gasteiger partial charge in [-0.1, -0.05) is 54.6 Å². The molecule has 0 atom stereocenters. The van der Waals surface area contributed by atoms with Gasteiger partial charge in [0.25, 0.3) is 10.0 Å². The summed E-state index contributed by atoms with van der Waals surface area (Å²) in [5.41, 5.74) is 2.39. The lowest BCUT2D eigenvalue weighted by molar-refractivity contribution is 0.106. The largest absolute Gasteiger partial charge is 0.494 e. The summed E-state index contributed by atoms with van der Waals surface area (Å²) in [6.07, 6.45) is 1.50. The van der Waals surface area contributed by atoms with Gasteiger partial charge in [-0.15, -0.1) is 0 Å². The number of rotatable bonds is 7. The van der Waals surface area contributed by atoms with Crippen molar-refractivity contribution in [3.05, 3.63) is 102 Å². The number of carbonyl (C=O) groups is 1. The van der Waals surface area contributed by atoms with Gasteiger partial charge in [-0.25, -0.2) is 8.42 Å². The van der Waals surface area contributed by atoms with Crippen LogP contribution in [0.25, 0.3) is 5.70 Å². The Labute approximate surface area is 187 Å². The molecular weight excluding hydrogens is 424 g/mol. The van der Waals surface area contributed by atoms with Gasteiger partial charge >= 0.3 is 0 Å². The highest BCUT2D eigenvalue weighted by molar-refractivity contribution is 7.89. The maximum absolute atomic E-state index is 13.0. The molecule has 7 heteroatoms. The number of hydrogen-bond acceptors (Lipinski definition) is 5. The molecule has 0 saturated heterocycles. The standard InChI is InChI=1S/C25H22N2O4S/c1-2-31-19-12-14-20(15-13-19)32(29,30)27-23-16-24(26-17-18-8-4-3-5-9-18)25(28)22-11-7-6-10-21(22)23/h3-16,27H,2,17H2,1H3. The molecule has 0 heterocycles. The van der Waals surface area contributed by atoms with Crippen LogP contribution < -0.4 is 9.46 Å². The number of aliphatic imine (C=N–C) groups is 1. The Morgan fingerprint density at radius 2 is 1.53 bits per heavy atom. The minimum Gasteiger partial charge on any atom is -0.494 e. The molecule has 32 heavy (non-hydrogen) atoms. The number of allylic oxidation sites excluding steroid dienone is 1. The van der Waals surface area contributed by atoms with Gasteiger partial charge in [0.15, 0.2) is 0 Å². The molecule has 3 aromatic rings. The van der Waals surface area contributed by atoms with Gasteiger partial charge in [-0.05, 0) is 42.8 Å². The van der Waals surface area contributed by atoms with E-state index in [0.29, 0.717) is 35.7 Å². The third kappa shape index (κ3) is 4.63. The van der Waals surface area contributed by atoms with Crippen molar-refractivity contribution >= 4 is 27.2 Å². The lowest BCUT2D eigenvalue weighted by Crippen LogP contribution is -2.28. The van der Waals surface area contributed by atoms with E-state index < -0.39 is 10.0 Å². The molecule has 0 amide bonds. The zero-order valence-electron chi connectivity index (χ0n) is 17.5. The van der Waals surface area contributed by atoms with Crippen LogP contribution in [0.1, 0.15) is 28.4 Å². The fourth-order valence-corrected chi connectivity index (χ4v) is 4.45. The number of nitrogens with one attached hydrogen (secondary N) is 1. The summed E-state index contributed by atoms with van der Waals surface area (Å²) in [5.74, 6) is 0.357. The Kier molecular flexibility index (Phi) is 6.18. The second-order valence-electron chi connectivity index (χ2n) is 7.13. The quantitative estimate of drug-likeness (QED) is 0.588. The third-order valence-electron chi connectivity index (χ3n) is 4.94. The molecule has 6 nitrogen and oxygen atoms in total. The van der Waals surface area contributed by atoms with Gasteiger partial charge in [0, 0.05) is 11.1 Å². The van der Waals surface area contributed by atoms with E-state index in [4.69, 9.17) is 4.74 Å². The van der Waals surface area contributed by atoms with E-state index in [2.05, 4.69) is 9.71 Å². The van der Waals surface area contributed by atoms with Crippen LogP contribution in [-0.2, 0) is 16.6 Å². The molecule has 1 aliphatic carbocycles. The van der Waals surface area contributed by atoms with Crippen molar-refractivity contribution in [2.75, 3.05) is 6.61 Å². The second-order valence-corrected chi connectivity index (χ2v) is 8.81. The van der Waals surface area contributed by atoms with Crippen molar-refractivity contribution in [3.8, 4) is 5.75 Å². The molecule has 0 aromatic heterocycles. The van der Waals surface area contributed by atoms with Crippen molar-refractivity contribution in [2.45, 2.75) is 18.4 Å². The Hall–Kier alpha value is -3.71. The van der Waals surface area contributed by atoms with Crippen LogP contribution in [-0.4, -0.2) is 26.5 Å². The number of fused-ring (bicyclic) bond motifs is 1. The lowest BCUT2D eigenvalue weighted by atomic mass is 9.92. The average Bonchev–Trinajstić information content (AvgIpc) is 2.81. The third-order valence-corrected chi connectivity index (χ3v) is 6.32. The molecule has 0 saturated carbocycles. The molecule has 0 spiro atoms. The minimum atomic E-state index is -3.88. The van der Waals surface area contributed by atoms with E-state index in [1.54, 1.807) is 36.4 Å². The monoisotopic (exact) mass is 446 g/mol. The van der Waals surface area contributed by atoms with E-state index in [1.165, 1.54) is 18.2 Å². The first kappa shape index (κ1) is 21.5. The summed E-state index contributed by atoms with van der Waals surface area (Å²) in [7, 11) is -3.88. The number of ether oxygens (including phenoxy) is 1. The van der Waals surface area contributed by atoms with Gasteiger partial charge in [-0.2, -0.15) is 0 Å². The van der Waals surface area contributed by atoms with E-state index >= 15 is 0 Å². The summed E-state index contributed by atoms with van der Waals surface area (Å²) in [6, 6.07) is 22.6. The van der Waals surface area contributed by atoms with E-state index in [1.807, 2.05) is 37.3 Å². The number of nitrogens with zero attached hydrogens (tertiary/aromatic N) is 1. The van der Waals surface area contributed by atoms with Crippen molar-refractivity contribution in [1.29, 1.82) is 0 Å². The Bertz CT molecular complexity index is 1300. The van der Waals surface area contributed by atoms with Crippen LogP contribution in [0.5, 0.6) is 5.75 Å². The Balaban J connectivity index is 1.67. The number of hydrogen-bond donors (Lipinski definition) is 1. The van der Waals surface area contributed by atoms with Crippen LogP contribution in [0.2, 0.25) is 0 Å². The molecular formula is C25H22N2O4S. The number of sulfonamides is 1. The van der Waals surface area contributed by atoms with Crippen LogP contribution in [0.3, 0.4) is 0 Å². The van der Waals surface area contributed by atoms with Crippen molar-refractivity contribution in [3.63, 3.8) is 0 Å². The van der Waals surface area contributed by atoms with E-state index in [-0.39, 0.29) is 16.4 Å². The maximum atomic E-state index is 13.0. The number of ketones is 1. The fraction of sp³-hybridized carbons (Fsp3) is 0.120. The van der Waals surface area contributed by atoms with Crippen molar-refractivity contribution in [1.82, 2.24) is 4.72 Å². The second kappa shape index (κ2) is 9.20. The summed E-state index contributed by atoms with van der Waals surface area (Å²) < 4.78 is 34.1. The predicted octanol–water partition coefficient (Wildman–Crippen LogP) is 4.24. The lowest BCUT2D eigenvalue weighted by Gasteiger charge is -2.19. The van der Waals surface area contributed by atoms with Crippen molar-refractivity contribution in [2.24, 2.45) is 4.99 Å². The molecule has 1 aliphatic rings. The summed E-state index contributed by atoms with van der Waals surface area (Å²) in [5, 5.41) is 0. The smallest absolute Gasteiger partial charge is 0.261 e. The van der Waals surface area contributed by atoms with Gasteiger partial charge in [0.1, 0.15) is 11.5 Å². The molecule has 0 bridgehead atoms. The zero-order chi connectivity index (χ0) is 22.6. The summed E-state index contributed by atoms with van der Waals surface area (Å²) in [4.78, 5) is 17.5. The molecule has 0 radical (unpaired) electrons. The molecule has 0 aliphatic heterocycles. The SMILES string of the molecule is CCOc1ccc(S(=O)(=O)NC2=CC(=NCc3ccccc3)C(=O)c3ccccc32)cc1. The zero-order valence-corrected chi connectivity index (χ0v) is 18.3. The minimum absolute atomic E-state index is 0.0963. The fourth-order valence-electron chi connectivity index (χ4n) is 3.38. The first-order valence-corrected chi connectivity index (χ1v) is 11.7. The number of carbonyl (C=O) groups excluding carboxylic acids is 1. The number of benzene rings is 3. The van der Waals surface area contributed by atoms with Gasteiger partial charge in [0.2, 0.25) is 5.78 Å². The Morgan fingerprint density at radius 1 is 0.875 bits per heavy atom. The molecule has 4 rings (SSSR count). The van der Waals surface area contributed by atoms with Crippen LogP contribution >= 0.6 is 0 Å². The topological polar surface area (TPSA) is 84.8 Å². The van der Waals surface area contributed by atoms with Gasteiger partial charge in [-0.3, -0.25) is 14.5 Å². The van der Waals surface area contributed by atoms with Gasteiger partial charge in [0.05, 0.1) is 23.7 Å². The van der Waals surface area contributed by atoms with Crippen LogP contribution in [0.4, 0.5) is 0 Å².